The van der Waals surface area contributed by atoms with Gasteiger partial charge in [0.25, 0.3) is 5.91 Å². The third-order valence-corrected chi connectivity index (χ3v) is 4.40. The van der Waals surface area contributed by atoms with Gasteiger partial charge in [0, 0.05) is 11.3 Å². The Balaban J connectivity index is 1.79. The molecule has 0 aliphatic heterocycles. The number of esters is 1. The average Bonchev–Trinajstić information content (AvgIpc) is 2.79. The molecule has 30 heavy (non-hydrogen) atoms. The van der Waals surface area contributed by atoms with Crippen molar-refractivity contribution in [3.63, 3.8) is 0 Å². The molecule has 0 unspecified atom stereocenters. The summed E-state index contributed by atoms with van der Waals surface area (Å²) in [6.07, 6.45) is -1.07. The number of hydrogen-bond acceptors (Lipinski definition) is 5. The van der Waals surface area contributed by atoms with Gasteiger partial charge in [0.05, 0.1) is 28.8 Å². The Morgan fingerprint density at radius 3 is 2.33 bits per heavy atom. The maximum Gasteiger partial charge on any atom is 0.339 e. The summed E-state index contributed by atoms with van der Waals surface area (Å²) in [6, 6.07) is 24.3. The molecule has 0 heterocycles. The van der Waals surface area contributed by atoms with E-state index in [0.29, 0.717) is 27.9 Å². The largest absolute Gasteiger partial charge is 0.449 e. The van der Waals surface area contributed by atoms with Gasteiger partial charge in [-0.05, 0) is 42.8 Å². The SMILES string of the molecule is C[C@@H](OC(=O)c1ccccc1-c1ccccc1C#N)C(=O)Nc1cccc(C#N)c1. The Kier molecular flexibility index (Phi) is 6.22. The van der Waals surface area contributed by atoms with Gasteiger partial charge >= 0.3 is 5.97 Å². The summed E-state index contributed by atoms with van der Waals surface area (Å²) in [5.41, 5.74) is 2.69. The zero-order valence-corrected chi connectivity index (χ0v) is 16.1. The normalized spacial score (nSPS) is 10.9. The Morgan fingerprint density at radius 2 is 1.60 bits per heavy atom. The summed E-state index contributed by atoms with van der Waals surface area (Å²) in [6.45, 7) is 1.47. The van der Waals surface area contributed by atoms with Crippen LogP contribution in [0.4, 0.5) is 5.69 Å². The molecule has 0 aromatic heterocycles. The number of anilines is 1. The number of carbonyl (C=O) groups is 2. The number of amides is 1. The molecule has 146 valence electrons. The molecular weight excluding hydrogens is 378 g/mol. The first-order valence-corrected chi connectivity index (χ1v) is 9.14. The van der Waals surface area contributed by atoms with Crippen LogP contribution in [0.2, 0.25) is 0 Å². The smallest absolute Gasteiger partial charge is 0.339 e. The molecule has 1 amide bonds. The van der Waals surface area contributed by atoms with E-state index < -0.39 is 18.0 Å². The number of ether oxygens (including phenoxy) is 1. The van der Waals surface area contributed by atoms with Crippen LogP contribution in [0, 0.1) is 22.7 Å². The maximum atomic E-state index is 12.8. The predicted octanol–water partition coefficient (Wildman–Crippen LogP) is 4.28. The van der Waals surface area contributed by atoms with Crippen LogP contribution in [-0.2, 0) is 9.53 Å². The predicted molar refractivity (Wildman–Crippen MR) is 111 cm³/mol. The molecule has 3 rings (SSSR count). The fourth-order valence-corrected chi connectivity index (χ4v) is 2.90. The van der Waals surface area contributed by atoms with Gasteiger partial charge < -0.3 is 10.1 Å². The Bertz CT molecular complexity index is 1190. The summed E-state index contributed by atoms with van der Waals surface area (Å²) in [4.78, 5) is 25.2. The zero-order valence-electron chi connectivity index (χ0n) is 16.1. The average molecular weight is 395 g/mol. The quantitative estimate of drug-likeness (QED) is 0.650. The van der Waals surface area contributed by atoms with Crippen molar-refractivity contribution < 1.29 is 14.3 Å². The number of rotatable bonds is 5. The Hall–Kier alpha value is -4.42. The van der Waals surface area contributed by atoms with Crippen molar-refractivity contribution >= 4 is 17.6 Å². The van der Waals surface area contributed by atoms with Crippen LogP contribution in [-0.4, -0.2) is 18.0 Å². The first-order valence-electron chi connectivity index (χ1n) is 9.14. The molecule has 1 atom stereocenters. The first-order chi connectivity index (χ1) is 14.5. The van der Waals surface area contributed by atoms with E-state index in [9.17, 15) is 14.9 Å². The topological polar surface area (TPSA) is 103 Å². The second kappa shape index (κ2) is 9.18. The van der Waals surface area contributed by atoms with E-state index in [2.05, 4.69) is 11.4 Å². The third kappa shape index (κ3) is 4.52. The van der Waals surface area contributed by atoms with Crippen molar-refractivity contribution in [3.05, 3.63) is 89.5 Å². The molecule has 0 aliphatic carbocycles. The Labute approximate surface area is 174 Å². The lowest BCUT2D eigenvalue weighted by Gasteiger charge is -2.15. The van der Waals surface area contributed by atoms with Gasteiger partial charge in [-0.15, -0.1) is 0 Å². The fraction of sp³-hybridized carbons (Fsp3) is 0.0833. The van der Waals surface area contributed by atoms with Crippen LogP contribution in [0.15, 0.2) is 72.8 Å². The molecule has 3 aromatic carbocycles. The lowest BCUT2D eigenvalue weighted by Crippen LogP contribution is -2.30. The highest BCUT2D eigenvalue weighted by atomic mass is 16.5. The molecule has 0 fully saturated rings. The molecular formula is C24H17N3O3. The van der Waals surface area contributed by atoms with Crippen molar-refractivity contribution in [1.82, 2.24) is 0 Å². The third-order valence-electron chi connectivity index (χ3n) is 4.40. The zero-order chi connectivity index (χ0) is 21.5. The summed E-state index contributed by atoms with van der Waals surface area (Å²) in [5.74, 6) is -1.19. The van der Waals surface area contributed by atoms with E-state index in [1.54, 1.807) is 66.7 Å². The van der Waals surface area contributed by atoms with Gasteiger partial charge in [-0.3, -0.25) is 4.79 Å². The lowest BCUT2D eigenvalue weighted by atomic mass is 9.96. The molecule has 0 saturated heterocycles. The highest BCUT2D eigenvalue weighted by Crippen LogP contribution is 2.27. The summed E-state index contributed by atoms with van der Waals surface area (Å²) < 4.78 is 5.36. The van der Waals surface area contributed by atoms with Crippen molar-refractivity contribution in [1.29, 1.82) is 10.5 Å². The lowest BCUT2D eigenvalue weighted by molar-refractivity contribution is -0.123. The molecule has 1 N–H and O–H groups in total. The van der Waals surface area contributed by atoms with E-state index in [0.717, 1.165) is 0 Å². The molecule has 0 spiro atoms. The summed E-state index contributed by atoms with van der Waals surface area (Å²) >= 11 is 0. The van der Waals surface area contributed by atoms with Gasteiger partial charge in [-0.1, -0.05) is 42.5 Å². The van der Waals surface area contributed by atoms with Gasteiger partial charge in [-0.2, -0.15) is 10.5 Å². The number of carbonyl (C=O) groups excluding carboxylic acids is 2. The fourth-order valence-electron chi connectivity index (χ4n) is 2.90. The van der Waals surface area contributed by atoms with Crippen LogP contribution in [0.3, 0.4) is 0 Å². The van der Waals surface area contributed by atoms with Crippen LogP contribution < -0.4 is 5.32 Å². The van der Waals surface area contributed by atoms with E-state index in [4.69, 9.17) is 10.00 Å². The van der Waals surface area contributed by atoms with Gasteiger partial charge in [-0.25, -0.2) is 4.79 Å². The number of nitrogens with one attached hydrogen (secondary N) is 1. The first kappa shape index (κ1) is 20.3. The van der Waals surface area contributed by atoms with Gasteiger partial charge in [0.1, 0.15) is 0 Å². The van der Waals surface area contributed by atoms with Crippen LogP contribution in [0.1, 0.15) is 28.4 Å². The molecule has 3 aromatic rings. The highest BCUT2D eigenvalue weighted by molar-refractivity contribution is 6.01. The Morgan fingerprint density at radius 1 is 0.900 bits per heavy atom. The number of nitrogens with zero attached hydrogens (tertiary/aromatic N) is 2. The molecule has 6 heteroatoms. The van der Waals surface area contributed by atoms with Crippen molar-refractivity contribution in [3.8, 4) is 23.3 Å². The van der Waals surface area contributed by atoms with Gasteiger partial charge in [0.15, 0.2) is 6.10 Å². The maximum absolute atomic E-state index is 12.8. The van der Waals surface area contributed by atoms with Crippen LogP contribution in [0.5, 0.6) is 0 Å². The number of nitriles is 2. The summed E-state index contributed by atoms with van der Waals surface area (Å²) in [7, 11) is 0. The van der Waals surface area contributed by atoms with Gasteiger partial charge in [0.2, 0.25) is 0 Å². The molecule has 0 saturated carbocycles. The van der Waals surface area contributed by atoms with Crippen molar-refractivity contribution in [2.45, 2.75) is 13.0 Å². The number of benzene rings is 3. The van der Waals surface area contributed by atoms with Crippen LogP contribution in [0.25, 0.3) is 11.1 Å². The standard InChI is InChI=1S/C24H17N3O3/c1-16(23(28)27-19-9-6-7-17(13-19)14-25)30-24(29)22-12-5-4-11-21(22)20-10-3-2-8-18(20)15-26/h2-13,16H,1H3,(H,27,28)/t16-/m1/s1. The molecule has 0 aliphatic rings. The highest BCUT2D eigenvalue weighted by Gasteiger charge is 2.22. The van der Waals surface area contributed by atoms with E-state index >= 15 is 0 Å². The minimum absolute atomic E-state index is 0.256. The van der Waals surface area contributed by atoms with Crippen molar-refractivity contribution in [2.75, 3.05) is 5.32 Å². The monoisotopic (exact) mass is 395 g/mol. The molecule has 6 nitrogen and oxygen atoms in total. The van der Waals surface area contributed by atoms with Crippen molar-refractivity contribution in [2.24, 2.45) is 0 Å². The van der Waals surface area contributed by atoms with E-state index in [1.807, 2.05) is 6.07 Å². The summed E-state index contributed by atoms with van der Waals surface area (Å²) in [5, 5.41) is 20.9. The van der Waals surface area contributed by atoms with E-state index in [-0.39, 0.29) is 5.56 Å². The minimum atomic E-state index is -1.07. The minimum Gasteiger partial charge on any atom is -0.449 e. The molecule has 0 bridgehead atoms. The molecule has 0 radical (unpaired) electrons. The number of hydrogen-bond donors (Lipinski definition) is 1. The second-order valence-electron chi connectivity index (χ2n) is 6.43. The van der Waals surface area contributed by atoms with E-state index in [1.165, 1.54) is 13.0 Å². The second-order valence-corrected chi connectivity index (χ2v) is 6.43. The van der Waals surface area contributed by atoms with Crippen LogP contribution >= 0.6 is 0 Å².